The number of hydrogen-bond acceptors (Lipinski definition) is 4. The standard InChI is InChI=1S/C22H23ClN2O5/c23-17-9-4-8-16(12-17)13-18(21(27)28)24-20(26)19-10-5-11-25(19)22(29)30-14-15-6-2-1-3-7-15/h1-4,6-9,12,18-19H,5,10-11,13-14H2,(H,24,26)(H,27,28)/t18-,19-/m1/s1. The van der Waals surface area contributed by atoms with Gasteiger partial charge in [0.05, 0.1) is 0 Å². The first-order valence-electron chi connectivity index (χ1n) is 9.69. The highest BCUT2D eigenvalue weighted by molar-refractivity contribution is 6.30. The van der Waals surface area contributed by atoms with Gasteiger partial charge in [0, 0.05) is 18.0 Å². The summed E-state index contributed by atoms with van der Waals surface area (Å²) in [7, 11) is 0. The molecule has 0 aliphatic carbocycles. The molecule has 1 heterocycles. The van der Waals surface area contributed by atoms with Gasteiger partial charge >= 0.3 is 12.1 Å². The minimum Gasteiger partial charge on any atom is -0.480 e. The normalized spacial score (nSPS) is 16.7. The van der Waals surface area contributed by atoms with Crippen molar-refractivity contribution in [3.8, 4) is 0 Å². The average Bonchev–Trinajstić information content (AvgIpc) is 3.22. The van der Waals surface area contributed by atoms with E-state index in [-0.39, 0.29) is 13.0 Å². The molecular weight excluding hydrogens is 408 g/mol. The highest BCUT2D eigenvalue weighted by Gasteiger charge is 2.36. The molecular formula is C22H23ClN2O5. The Morgan fingerprint density at radius 3 is 2.57 bits per heavy atom. The molecule has 2 aromatic carbocycles. The Hall–Kier alpha value is -3.06. The second-order valence-electron chi connectivity index (χ2n) is 7.13. The molecule has 0 unspecified atom stereocenters. The number of carbonyl (C=O) groups excluding carboxylic acids is 2. The lowest BCUT2D eigenvalue weighted by atomic mass is 10.1. The molecule has 158 valence electrons. The SMILES string of the molecule is O=C(N[C@H](Cc1cccc(Cl)c1)C(=O)O)[C@H]1CCCN1C(=O)OCc1ccccc1. The van der Waals surface area contributed by atoms with Gasteiger partial charge in [-0.25, -0.2) is 9.59 Å². The summed E-state index contributed by atoms with van der Waals surface area (Å²) >= 11 is 5.95. The highest BCUT2D eigenvalue weighted by Crippen LogP contribution is 2.20. The lowest BCUT2D eigenvalue weighted by Crippen LogP contribution is -2.51. The summed E-state index contributed by atoms with van der Waals surface area (Å²) in [5.41, 5.74) is 1.54. The van der Waals surface area contributed by atoms with Crippen LogP contribution >= 0.6 is 11.6 Å². The zero-order valence-electron chi connectivity index (χ0n) is 16.3. The van der Waals surface area contributed by atoms with Crippen molar-refractivity contribution in [2.75, 3.05) is 6.54 Å². The topological polar surface area (TPSA) is 95.9 Å². The maximum Gasteiger partial charge on any atom is 0.410 e. The molecule has 0 aromatic heterocycles. The fourth-order valence-electron chi connectivity index (χ4n) is 3.43. The van der Waals surface area contributed by atoms with E-state index < -0.39 is 30.1 Å². The quantitative estimate of drug-likeness (QED) is 0.702. The largest absolute Gasteiger partial charge is 0.480 e. The van der Waals surface area contributed by atoms with Crippen molar-refractivity contribution in [2.45, 2.75) is 38.0 Å². The van der Waals surface area contributed by atoms with Crippen molar-refractivity contribution in [2.24, 2.45) is 0 Å². The number of nitrogens with zero attached hydrogens (tertiary/aromatic N) is 1. The van der Waals surface area contributed by atoms with Gasteiger partial charge in [0.15, 0.2) is 0 Å². The Labute approximate surface area is 179 Å². The molecule has 1 aliphatic rings. The van der Waals surface area contributed by atoms with Crippen molar-refractivity contribution in [3.63, 3.8) is 0 Å². The lowest BCUT2D eigenvalue weighted by molar-refractivity contribution is -0.142. The number of amides is 2. The van der Waals surface area contributed by atoms with Crippen LogP contribution < -0.4 is 5.32 Å². The molecule has 2 amide bonds. The fourth-order valence-corrected chi connectivity index (χ4v) is 3.64. The van der Waals surface area contributed by atoms with E-state index in [1.165, 1.54) is 4.90 Å². The first kappa shape index (κ1) is 21.6. The summed E-state index contributed by atoms with van der Waals surface area (Å²) in [5, 5.41) is 12.6. The molecule has 0 saturated carbocycles. The second kappa shape index (κ2) is 10.1. The van der Waals surface area contributed by atoms with Crippen LogP contribution in [0.15, 0.2) is 54.6 Å². The number of benzene rings is 2. The predicted octanol–water partition coefficient (Wildman–Crippen LogP) is 3.25. The molecule has 30 heavy (non-hydrogen) atoms. The second-order valence-corrected chi connectivity index (χ2v) is 7.56. The van der Waals surface area contributed by atoms with E-state index in [0.29, 0.717) is 30.0 Å². The summed E-state index contributed by atoms with van der Waals surface area (Å²) < 4.78 is 5.33. The number of ether oxygens (including phenoxy) is 1. The molecule has 8 heteroatoms. The van der Waals surface area contributed by atoms with Gasteiger partial charge in [-0.15, -0.1) is 0 Å². The van der Waals surface area contributed by atoms with E-state index in [2.05, 4.69) is 5.32 Å². The van der Waals surface area contributed by atoms with Gasteiger partial charge in [-0.1, -0.05) is 54.1 Å². The van der Waals surface area contributed by atoms with E-state index >= 15 is 0 Å². The molecule has 1 aliphatic heterocycles. The molecule has 3 rings (SSSR count). The van der Waals surface area contributed by atoms with Crippen molar-refractivity contribution >= 4 is 29.6 Å². The van der Waals surface area contributed by atoms with Gasteiger partial charge in [-0.2, -0.15) is 0 Å². The average molecular weight is 431 g/mol. The number of carboxylic acid groups (broad SMARTS) is 1. The number of aliphatic carboxylic acids is 1. The minimum absolute atomic E-state index is 0.0901. The molecule has 0 spiro atoms. The van der Waals surface area contributed by atoms with Gasteiger partial charge < -0.3 is 15.2 Å². The van der Waals surface area contributed by atoms with Crippen LogP contribution in [0.25, 0.3) is 0 Å². The number of carboxylic acids is 1. The van der Waals surface area contributed by atoms with E-state index in [9.17, 15) is 19.5 Å². The van der Waals surface area contributed by atoms with Crippen LogP contribution in [0, 0.1) is 0 Å². The summed E-state index contributed by atoms with van der Waals surface area (Å²) in [6.45, 7) is 0.495. The van der Waals surface area contributed by atoms with Crippen molar-refractivity contribution in [3.05, 3.63) is 70.7 Å². The number of carbonyl (C=O) groups is 3. The third-order valence-electron chi connectivity index (χ3n) is 4.94. The molecule has 1 saturated heterocycles. The molecule has 7 nitrogen and oxygen atoms in total. The summed E-state index contributed by atoms with van der Waals surface area (Å²) in [6, 6.07) is 14.2. The highest BCUT2D eigenvalue weighted by atomic mass is 35.5. The summed E-state index contributed by atoms with van der Waals surface area (Å²) in [6.07, 6.45) is 0.603. The maximum absolute atomic E-state index is 12.8. The Morgan fingerprint density at radius 1 is 1.13 bits per heavy atom. The molecule has 1 fully saturated rings. The van der Waals surface area contributed by atoms with Crippen LogP contribution in [-0.4, -0.2) is 46.6 Å². The zero-order valence-corrected chi connectivity index (χ0v) is 17.0. The Kier molecular flexibility index (Phi) is 7.30. The summed E-state index contributed by atoms with van der Waals surface area (Å²) in [5.74, 6) is -1.65. The molecule has 2 atom stereocenters. The van der Waals surface area contributed by atoms with Gasteiger partial charge in [-0.05, 0) is 36.1 Å². The van der Waals surface area contributed by atoms with Crippen molar-refractivity contribution < 1.29 is 24.2 Å². The van der Waals surface area contributed by atoms with E-state index in [4.69, 9.17) is 16.3 Å². The smallest absolute Gasteiger partial charge is 0.410 e. The van der Waals surface area contributed by atoms with E-state index in [1.807, 2.05) is 30.3 Å². The monoisotopic (exact) mass is 430 g/mol. The van der Waals surface area contributed by atoms with Gasteiger partial charge in [-0.3, -0.25) is 9.69 Å². The predicted molar refractivity (Wildman–Crippen MR) is 111 cm³/mol. The van der Waals surface area contributed by atoms with Crippen LogP contribution in [0.1, 0.15) is 24.0 Å². The molecule has 2 N–H and O–H groups in total. The van der Waals surface area contributed by atoms with Crippen molar-refractivity contribution in [1.82, 2.24) is 10.2 Å². The van der Waals surface area contributed by atoms with Crippen LogP contribution in [-0.2, 0) is 27.4 Å². The Morgan fingerprint density at radius 2 is 1.87 bits per heavy atom. The Balaban J connectivity index is 1.60. The minimum atomic E-state index is -1.15. The van der Waals surface area contributed by atoms with Crippen molar-refractivity contribution in [1.29, 1.82) is 0 Å². The first-order chi connectivity index (χ1) is 14.4. The lowest BCUT2D eigenvalue weighted by Gasteiger charge is -2.25. The van der Waals surface area contributed by atoms with Gasteiger partial charge in [0.1, 0.15) is 18.7 Å². The van der Waals surface area contributed by atoms with Gasteiger partial charge in [0.2, 0.25) is 5.91 Å². The number of rotatable bonds is 7. The fraction of sp³-hybridized carbons (Fsp3) is 0.318. The van der Waals surface area contributed by atoms with Crippen LogP contribution in [0.4, 0.5) is 4.79 Å². The van der Waals surface area contributed by atoms with Crippen LogP contribution in [0.3, 0.4) is 0 Å². The first-order valence-corrected chi connectivity index (χ1v) is 10.1. The number of hydrogen-bond donors (Lipinski definition) is 2. The zero-order chi connectivity index (χ0) is 21.5. The molecule has 0 bridgehead atoms. The molecule has 0 radical (unpaired) electrons. The van der Waals surface area contributed by atoms with E-state index in [0.717, 1.165) is 5.56 Å². The third kappa shape index (κ3) is 5.73. The maximum atomic E-state index is 12.8. The van der Waals surface area contributed by atoms with Gasteiger partial charge in [0.25, 0.3) is 0 Å². The van der Waals surface area contributed by atoms with Crippen LogP contribution in [0.5, 0.6) is 0 Å². The van der Waals surface area contributed by atoms with Crippen LogP contribution in [0.2, 0.25) is 5.02 Å². The van der Waals surface area contributed by atoms with E-state index in [1.54, 1.807) is 24.3 Å². The summed E-state index contributed by atoms with van der Waals surface area (Å²) in [4.78, 5) is 38.2. The number of likely N-dealkylation sites (tertiary alicyclic amines) is 1. The number of nitrogens with one attached hydrogen (secondary N) is 1. The number of halogens is 1. The Bertz CT molecular complexity index is 905. The molecule has 2 aromatic rings. The third-order valence-corrected chi connectivity index (χ3v) is 5.17.